The van der Waals surface area contributed by atoms with Crippen LogP contribution in [0.2, 0.25) is 0 Å². The Labute approximate surface area is 195 Å². The minimum atomic E-state index is -0.326. The lowest BCUT2D eigenvalue weighted by Gasteiger charge is -2.30. The monoisotopic (exact) mass is 446 g/mol. The molecule has 1 aromatic heterocycles. The number of carbonyl (C=O) groups excluding carboxylic acids is 1. The van der Waals surface area contributed by atoms with Crippen molar-refractivity contribution in [2.24, 2.45) is 11.8 Å². The van der Waals surface area contributed by atoms with Crippen LogP contribution >= 0.6 is 0 Å². The van der Waals surface area contributed by atoms with Gasteiger partial charge < -0.3 is 15.2 Å². The summed E-state index contributed by atoms with van der Waals surface area (Å²) in [6, 6.07) is 15.1. The molecule has 2 aromatic carbocycles. The van der Waals surface area contributed by atoms with Crippen LogP contribution in [-0.4, -0.2) is 28.6 Å². The Balaban J connectivity index is 1.44. The largest absolute Gasteiger partial charge is 0.323 e. The summed E-state index contributed by atoms with van der Waals surface area (Å²) < 4.78 is 1.68. The van der Waals surface area contributed by atoms with E-state index in [1.807, 2.05) is 30.3 Å². The van der Waals surface area contributed by atoms with Crippen LogP contribution in [0.5, 0.6) is 0 Å². The topological polar surface area (TPSA) is 66.4 Å². The van der Waals surface area contributed by atoms with E-state index < -0.39 is 0 Å². The highest BCUT2D eigenvalue weighted by atomic mass is 16.2. The molecule has 2 N–H and O–H groups in total. The molecule has 6 heteroatoms. The molecule has 4 rings (SSSR count). The fourth-order valence-corrected chi connectivity index (χ4v) is 4.43. The van der Waals surface area contributed by atoms with Gasteiger partial charge >= 0.3 is 6.03 Å². The average molecular weight is 447 g/mol. The van der Waals surface area contributed by atoms with Crippen LogP contribution in [0.1, 0.15) is 39.2 Å². The van der Waals surface area contributed by atoms with Gasteiger partial charge in [-0.15, -0.1) is 0 Å². The molecule has 2 heterocycles. The van der Waals surface area contributed by atoms with Crippen LogP contribution in [0.15, 0.2) is 59.5 Å². The number of nitrogens with one attached hydrogen (secondary N) is 2. The molecule has 0 bridgehead atoms. The first-order valence-corrected chi connectivity index (χ1v) is 11.9. The molecule has 1 aliphatic heterocycles. The third kappa shape index (κ3) is 5.82. The van der Waals surface area contributed by atoms with Gasteiger partial charge in [0, 0.05) is 35.7 Å². The first kappa shape index (κ1) is 23.1. The number of urea groups is 1. The predicted octanol–water partition coefficient (Wildman–Crippen LogP) is 5.53. The number of benzene rings is 2. The van der Waals surface area contributed by atoms with Crippen LogP contribution in [0.3, 0.4) is 0 Å². The summed E-state index contributed by atoms with van der Waals surface area (Å²) in [4.78, 5) is 28.1. The van der Waals surface area contributed by atoms with Crippen molar-refractivity contribution in [2.45, 2.75) is 46.7 Å². The van der Waals surface area contributed by atoms with Gasteiger partial charge in [0.25, 0.3) is 5.56 Å². The molecule has 0 aliphatic carbocycles. The molecular weight excluding hydrogens is 412 g/mol. The van der Waals surface area contributed by atoms with Gasteiger partial charge in [0.2, 0.25) is 0 Å². The number of fused-ring (bicyclic) bond motifs is 1. The van der Waals surface area contributed by atoms with E-state index in [0.29, 0.717) is 23.5 Å². The number of rotatable bonds is 6. The fraction of sp³-hybridized carbons (Fsp3) is 0.407. The van der Waals surface area contributed by atoms with Crippen molar-refractivity contribution >= 4 is 28.2 Å². The first-order valence-electron chi connectivity index (χ1n) is 11.9. The summed E-state index contributed by atoms with van der Waals surface area (Å²) >= 11 is 0. The number of likely N-dealkylation sites (tertiary alicyclic amines) is 1. The Morgan fingerprint density at radius 1 is 1.00 bits per heavy atom. The van der Waals surface area contributed by atoms with Gasteiger partial charge in [-0.05, 0) is 61.5 Å². The Hall–Kier alpha value is -3.12. The van der Waals surface area contributed by atoms with E-state index in [1.165, 1.54) is 18.4 Å². The highest BCUT2D eigenvalue weighted by molar-refractivity contribution is 6.05. The van der Waals surface area contributed by atoms with Gasteiger partial charge in [0.05, 0.1) is 5.69 Å². The van der Waals surface area contributed by atoms with E-state index in [1.54, 1.807) is 16.8 Å². The zero-order valence-corrected chi connectivity index (χ0v) is 19.8. The van der Waals surface area contributed by atoms with Crippen molar-refractivity contribution in [1.82, 2.24) is 9.47 Å². The van der Waals surface area contributed by atoms with Crippen LogP contribution in [0, 0.1) is 11.8 Å². The number of hydrogen-bond donors (Lipinski definition) is 2. The number of pyridine rings is 1. The maximum absolute atomic E-state index is 12.8. The minimum absolute atomic E-state index is 0.0380. The maximum Gasteiger partial charge on any atom is 0.323 e. The molecule has 0 atom stereocenters. The van der Waals surface area contributed by atoms with E-state index in [4.69, 9.17) is 0 Å². The van der Waals surface area contributed by atoms with Crippen molar-refractivity contribution in [3.05, 3.63) is 70.6 Å². The van der Waals surface area contributed by atoms with Crippen molar-refractivity contribution in [3.63, 3.8) is 0 Å². The maximum atomic E-state index is 12.8. The van der Waals surface area contributed by atoms with Crippen molar-refractivity contribution in [2.75, 3.05) is 23.7 Å². The molecule has 6 nitrogen and oxygen atoms in total. The Bertz CT molecular complexity index is 1160. The van der Waals surface area contributed by atoms with Crippen molar-refractivity contribution < 1.29 is 4.79 Å². The summed E-state index contributed by atoms with van der Waals surface area (Å²) in [7, 11) is 0. The van der Waals surface area contributed by atoms with E-state index in [9.17, 15) is 9.59 Å². The molecule has 1 aliphatic rings. The lowest BCUT2D eigenvalue weighted by molar-refractivity contribution is 0.185. The van der Waals surface area contributed by atoms with Gasteiger partial charge in [-0.1, -0.05) is 51.1 Å². The summed E-state index contributed by atoms with van der Waals surface area (Å²) in [6.07, 6.45) is 4.27. The number of aromatic nitrogens is 1. The van der Waals surface area contributed by atoms with Crippen LogP contribution in [0.25, 0.3) is 10.8 Å². The number of anilines is 2. The number of hydrogen-bond acceptors (Lipinski definition) is 3. The predicted molar refractivity (Wildman–Crippen MR) is 136 cm³/mol. The Kier molecular flexibility index (Phi) is 7.14. The highest BCUT2D eigenvalue weighted by Crippen LogP contribution is 2.22. The SMILES string of the molecule is CC(C)Cn1cc(NC(=O)Nc2ccc(CN3CCC(C)CC3)cc2)c2ccccc2c1=O. The third-order valence-corrected chi connectivity index (χ3v) is 6.30. The molecule has 2 amide bonds. The van der Waals surface area contributed by atoms with Gasteiger partial charge in [0.15, 0.2) is 0 Å². The molecule has 0 radical (unpaired) electrons. The number of nitrogens with zero attached hydrogens (tertiary/aromatic N) is 2. The third-order valence-electron chi connectivity index (χ3n) is 6.30. The molecular formula is C27H34N4O2. The molecule has 1 fully saturated rings. The summed E-state index contributed by atoms with van der Waals surface area (Å²) in [5.41, 5.74) is 2.58. The van der Waals surface area contributed by atoms with Crippen LogP contribution in [0.4, 0.5) is 16.2 Å². The second-order valence-electron chi connectivity index (χ2n) is 9.67. The number of piperidine rings is 1. The number of carbonyl (C=O) groups is 1. The van der Waals surface area contributed by atoms with E-state index in [0.717, 1.165) is 36.6 Å². The van der Waals surface area contributed by atoms with Gasteiger partial charge in [0.1, 0.15) is 0 Å². The lowest BCUT2D eigenvalue weighted by atomic mass is 9.99. The molecule has 174 valence electrons. The zero-order chi connectivity index (χ0) is 23.4. The normalized spacial score (nSPS) is 15.2. The molecule has 0 unspecified atom stereocenters. The van der Waals surface area contributed by atoms with Gasteiger partial charge in [-0.25, -0.2) is 4.79 Å². The second kappa shape index (κ2) is 10.2. The highest BCUT2D eigenvalue weighted by Gasteiger charge is 2.16. The Morgan fingerprint density at radius 3 is 2.33 bits per heavy atom. The van der Waals surface area contributed by atoms with E-state index >= 15 is 0 Å². The first-order chi connectivity index (χ1) is 15.9. The molecule has 1 saturated heterocycles. The van der Waals surface area contributed by atoms with Crippen molar-refractivity contribution in [3.8, 4) is 0 Å². The quantitative estimate of drug-likeness (QED) is 0.523. The van der Waals surface area contributed by atoms with Crippen LogP contribution in [-0.2, 0) is 13.1 Å². The van der Waals surface area contributed by atoms with Crippen molar-refractivity contribution in [1.29, 1.82) is 0 Å². The zero-order valence-electron chi connectivity index (χ0n) is 19.8. The minimum Gasteiger partial charge on any atom is -0.313 e. The molecule has 33 heavy (non-hydrogen) atoms. The number of amides is 2. The molecule has 0 spiro atoms. The average Bonchev–Trinajstić information content (AvgIpc) is 2.79. The van der Waals surface area contributed by atoms with Crippen LogP contribution < -0.4 is 16.2 Å². The van der Waals surface area contributed by atoms with Gasteiger partial charge in [-0.2, -0.15) is 0 Å². The lowest BCUT2D eigenvalue weighted by Crippen LogP contribution is -2.32. The standard InChI is InChI=1S/C27H34N4O2/c1-19(2)16-31-18-25(23-6-4-5-7-24(23)26(31)32)29-27(33)28-22-10-8-21(9-11-22)17-30-14-12-20(3)13-15-30/h4-11,18-20H,12-17H2,1-3H3,(H2,28,29,33). The second-order valence-corrected chi connectivity index (χ2v) is 9.67. The summed E-state index contributed by atoms with van der Waals surface area (Å²) in [5, 5.41) is 7.20. The Morgan fingerprint density at radius 2 is 1.67 bits per heavy atom. The summed E-state index contributed by atoms with van der Waals surface area (Å²) in [6.45, 7) is 10.3. The summed E-state index contributed by atoms with van der Waals surface area (Å²) in [5.74, 6) is 1.14. The molecule has 3 aromatic rings. The fourth-order valence-electron chi connectivity index (χ4n) is 4.43. The van der Waals surface area contributed by atoms with E-state index in [-0.39, 0.29) is 11.6 Å². The smallest absolute Gasteiger partial charge is 0.313 e. The van der Waals surface area contributed by atoms with E-state index in [2.05, 4.69) is 48.4 Å². The van der Waals surface area contributed by atoms with Gasteiger partial charge in [-0.3, -0.25) is 9.69 Å². The molecule has 0 saturated carbocycles.